The normalized spacial score (nSPS) is 15.3. The second kappa shape index (κ2) is 8.23. The highest BCUT2D eigenvalue weighted by molar-refractivity contribution is 8.01. The van der Waals surface area contributed by atoms with E-state index < -0.39 is 0 Å². The lowest BCUT2D eigenvalue weighted by atomic mass is 10.1. The van der Waals surface area contributed by atoms with Gasteiger partial charge in [0.05, 0.1) is 16.6 Å². The third-order valence-corrected chi connectivity index (χ3v) is 6.61. The minimum Gasteiger partial charge on any atom is -0.399 e. The number of nitrogens with two attached hydrogens (primary N) is 1. The number of carbonyl (C=O) groups is 2. The van der Waals surface area contributed by atoms with E-state index in [2.05, 4.69) is 5.32 Å². The van der Waals surface area contributed by atoms with Crippen LogP contribution in [0.15, 0.2) is 82.6 Å². The van der Waals surface area contributed by atoms with Crippen molar-refractivity contribution in [1.29, 1.82) is 0 Å². The van der Waals surface area contributed by atoms with E-state index in [4.69, 9.17) is 5.73 Å². The first-order valence-corrected chi connectivity index (χ1v) is 10.7. The fourth-order valence-electron chi connectivity index (χ4n) is 2.86. The molecule has 0 fully saturated rings. The van der Waals surface area contributed by atoms with Crippen LogP contribution in [-0.2, 0) is 4.79 Å². The molecule has 1 aliphatic heterocycles. The molecule has 0 spiro atoms. The summed E-state index contributed by atoms with van der Waals surface area (Å²) in [5.74, 6) is -0.155. The summed E-state index contributed by atoms with van der Waals surface area (Å²) in [5.41, 5.74) is 8.55. The van der Waals surface area contributed by atoms with Crippen LogP contribution in [-0.4, -0.2) is 17.1 Å². The molecule has 0 aliphatic carbocycles. The van der Waals surface area contributed by atoms with Gasteiger partial charge in [-0.05, 0) is 73.5 Å². The van der Waals surface area contributed by atoms with Crippen LogP contribution in [0.2, 0.25) is 0 Å². The molecule has 7 heteroatoms. The number of thioether (sulfide) groups is 1. The molecule has 0 saturated carbocycles. The molecule has 3 N–H and O–H groups in total. The summed E-state index contributed by atoms with van der Waals surface area (Å²) in [4.78, 5) is 27.1. The summed E-state index contributed by atoms with van der Waals surface area (Å²) in [7, 11) is 0. The van der Waals surface area contributed by atoms with Gasteiger partial charge < -0.3 is 11.1 Å². The molecule has 3 aromatic rings. The van der Waals surface area contributed by atoms with Crippen LogP contribution in [0.1, 0.15) is 17.3 Å². The van der Waals surface area contributed by atoms with Crippen LogP contribution < -0.4 is 15.4 Å². The number of benzene rings is 3. The highest BCUT2D eigenvalue weighted by Gasteiger charge is 2.26. The van der Waals surface area contributed by atoms with E-state index in [0.29, 0.717) is 11.3 Å². The Morgan fingerprint density at radius 3 is 2.52 bits per heavy atom. The standard InChI is InChI=1S/C22H19N3O2S2/c1-14-21(26)24-19-12-7-15(13-20(19)28-14)22(27)25(17-5-3-2-4-6-17)29-18-10-8-16(23)9-11-18/h2-14H,23H2,1H3,(H,24,26). The number of amides is 2. The molecule has 29 heavy (non-hydrogen) atoms. The molecule has 0 saturated heterocycles. The minimum absolute atomic E-state index is 0.0219. The number of hydrogen-bond donors (Lipinski definition) is 2. The van der Waals surface area contributed by atoms with Crippen LogP contribution in [0.3, 0.4) is 0 Å². The van der Waals surface area contributed by atoms with Crippen LogP contribution in [0, 0.1) is 0 Å². The van der Waals surface area contributed by atoms with E-state index in [1.54, 1.807) is 16.4 Å². The van der Waals surface area contributed by atoms with Gasteiger partial charge in [-0.2, -0.15) is 0 Å². The van der Waals surface area contributed by atoms with Crippen LogP contribution in [0.25, 0.3) is 0 Å². The molecule has 2 amide bonds. The van der Waals surface area contributed by atoms with Crippen molar-refractivity contribution in [3.8, 4) is 0 Å². The summed E-state index contributed by atoms with van der Waals surface area (Å²) >= 11 is 2.80. The number of fused-ring (bicyclic) bond motifs is 1. The van der Waals surface area contributed by atoms with E-state index in [1.807, 2.05) is 67.6 Å². The van der Waals surface area contributed by atoms with Crippen LogP contribution >= 0.6 is 23.7 Å². The Balaban J connectivity index is 1.67. The molecule has 5 nitrogen and oxygen atoms in total. The maximum atomic E-state index is 13.4. The summed E-state index contributed by atoms with van der Waals surface area (Å²) < 4.78 is 1.67. The Kier molecular flexibility index (Phi) is 5.51. The quantitative estimate of drug-likeness (QED) is 0.455. The van der Waals surface area contributed by atoms with E-state index in [9.17, 15) is 9.59 Å². The van der Waals surface area contributed by atoms with Crippen molar-refractivity contribution in [3.05, 3.63) is 78.4 Å². The van der Waals surface area contributed by atoms with E-state index in [-0.39, 0.29) is 17.1 Å². The highest BCUT2D eigenvalue weighted by Crippen LogP contribution is 2.37. The van der Waals surface area contributed by atoms with Gasteiger partial charge in [0.25, 0.3) is 5.91 Å². The number of anilines is 3. The Morgan fingerprint density at radius 2 is 1.79 bits per heavy atom. The first-order valence-electron chi connectivity index (χ1n) is 9.06. The zero-order valence-corrected chi connectivity index (χ0v) is 17.3. The number of nitrogen functional groups attached to an aromatic ring is 1. The monoisotopic (exact) mass is 421 g/mol. The predicted octanol–water partition coefficient (Wildman–Crippen LogP) is 5.06. The van der Waals surface area contributed by atoms with Crippen molar-refractivity contribution in [1.82, 2.24) is 0 Å². The van der Waals surface area contributed by atoms with E-state index >= 15 is 0 Å². The number of para-hydroxylation sites is 1. The van der Waals surface area contributed by atoms with Gasteiger partial charge in [0.2, 0.25) is 5.91 Å². The van der Waals surface area contributed by atoms with Crippen molar-refractivity contribution >= 4 is 52.6 Å². The van der Waals surface area contributed by atoms with Gasteiger partial charge in [0.1, 0.15) is 0 Å². The van der Waals surface area contributed by atoms with Gasteiger partial charge in [-0.15, -0.1) is 11.8 Å². The van der Waals surface area contributed by atoms with Gasteiger partial charge in [-0.25, -0.2) is 4.31 Å². The largest absolute Gasteiger partial charge is 0.399 e. The zero-order valence-electron chi connectivity index (χ0n) is 15.7. The third-order valence-electron chi connectivity index (χ3n) is 4.41. The van der Waals surface area contributed by atoms with Crippen molar-refractivity contribution in [2.45, 2.75) is 22.0 Å². The fraction of sp³-hybridized carbons (Fsp3) is 0.0909. The molecule has 0 aromatic heterocycles. The highest BCUT2D eigenvalue weighted by atomic mass is 32.2. The molecule has 146 valence electrons. The Morgan fingerprint density at radius 1 is 1.07 bits per heavy atom. The molecule has 1 atom stereocenters. The Labute approximate surface area is 177 Å². The number of hydrogen-bond acceptors (Lipinski definition) is 5. The van der Waals surface area contributed by atoms with Gasteiger partial charge in [0, 0.05) is 21.0 Å². The molecular weight excluding hydrogens is 402 g/mol. The Hall–Kier alpha value is -2.90. The van der Waals surface area contributed by atoms with Gasteiger partial charge in [0.15, 0.2) is 0 Å². The third kappa shape index (κ3) is 4.26. The smallest absolute Gasteiger partial charge is 0.268 e. The van der Waals surface area contributed by atoms with E-state index in [0.717, 1.165) is 21.2 Å². The maximum absolute atomic E-state index is 13.4. The summed E-state index contributed by atoms with van der Waals surface area (Å²) in [5, 5.41) is 2.69. The molecule has 1 heterocycles. The topological polar surface area (TPSA) is 75.4 Å². The molecule has 0 radical (unpaired) electrons. The number of rotatable bonds is 4. The summed E-state index contributed by atoms with van der Waals surface area (Å²) in [6, 6.07) is 22.3. The average molecular weight is 422 g/mol. The second-order valence-corrected chi connectivity index (χ2v) is 8.96. The molecule has 1 aliphatic rings. The zero-order chi connectivity index (χ0) is 20.4. The average Bonchev–Trinajstić information content (AvgIpc) is 2.74. The van der Waals surface area contributed by atoms with Crippen LogP contribution in [0.5, 0.6) is 0 Å². The lowest BCUT2D eigenvalue weighted by Gasteiger charge is -2.24. The lowest BCUT2D eigenvalue weighted by molar-refractivity contribution is -0.115. The van der Waals surface area contributed by atoms with Crippen molar-refractivity contribution in [2.24, 2.45) is 0 Å². The first kappa shape index (κ1) is 19.4. The maximum Gasteiger partial charge on any atom is 0.268 e. The fourth-order valence-corrected chi connectivity index (χ4v) is 4.73. The summed E-state index contributed by atoms with van der Waals surface area (Å²) in [6.07, 6.45) is 0. The second-order valence-electron chi connectivity index (χ2n) is 6.56. The number of nitrogens with one attached hydrogen (secondary N) is 1. The number of nitrogens with zero attached hydrogens (tertiary/aromatic N) is 1. The molecular formula is C22H19N3O2S2. The van der Waals surface area contributed by atoms with Crippen molar-refractivity contribution < 1.29 is 9.59 Å². The van der Waals surface area contributed by atoms with Gasteiger partial charge in [-0.1, -0.05) is 18.2 Å². The molecule has 1 unspecified atom stereocenters. The van der Waals surface area contributed by atoms with E-state index in [1.165, 1.54) is 23.7 Å². The van der Waals surface area contributed by atoms with Crippen molar-refractivity contribution in [2.75, 3.05) is 15.4 Å². The predicted molar refractivity (Wildman–Crippen MR) is 120 cm³/mol. The SMILES string of the molecule is CC1Sc2cc(C(=O)N(Sc3ccc(N)cc3)c3ccccc3)ccc2NC1=O. The van der Waals surface area contributed by atoms with Crippen molar-refractivity contribution in [3.63, 3.8) is 0 Å². The minimum atomic E-state index is -0.192. The van der Waals surface area contributed by atoms with Gasteiger partial charge in [-0.3, -0.25) is 9.59 Å². The van der Waals surface area contributed by atoms with Gasteiger partial charge >= 0.3 is 0 Å². The molecule has 0 bridgehead atoms. The summed E-state index contributed by atoms with van der Waals surface area (Å²) in [6.45, 7) is 1.85. The first-order chi connectivity index (χ1) is 14.0. The lowest BCUT2D eigenvalue weighted by Crippen LogP contribution is -2.27. The molecule has 3 aromatic carbocycles. The Bertz CT molecular complexity index is 1060. The molecule has 4 rings (SSSR count). The van der Waals surface area contributed by atoms with Crippen LogP contribution in [0.4, 0.5) is 17.1 Å². The number of carbonyl (C=O) groups excluding carboxylic acids is 2.